The molecule has 108 valence electrons. The molecular formula is C15H19NO4. The fraction of sp³-hybridized carbons (Fsp3) is 0.333. The van der Waals surface area contributed by atoms with Crippen molar-refractivity contribution in [2.75, 3.05) is 18.5 Å². The lowest BCUT2D eigenvalue weighted by Crippen LogP contribution is -2.12. The van der Waals surface area contributed by atoms with Crippen LogP contribution in [-0.2, 0) is 14.3 Å². The van der Waals surface area contributed by atoms with Crippen LogP contribution in [0.4, 0.5) is 5.69 Å². The summed E-state index contributed by atoms with van der Waals surface area (Å²) in [6, 6.07) is 7.01. The van der Waals surface area contributed by atoms with Crippen molar-refractivity contribution in [2.24, 2.45) is 0 Å². The summed E-state index contributed by atoms with van der Waals surface area (Å²) < 4.78 is 5.16. The third kappa shape index (κ3) is 6.70. The summed E-state index contributed by atoms with van der Waals surface area (Å²) >= 11 is 0. The number of carbonyl (C=O) groups is 2. The zero-order chi connectivity index (χ0) is 14.8. The second-order valence-electron chi connectivity index (χ2n) is 4.15. The minimum absolute atomic E-state index is 0.0796. The molecule has 1 aromatic rings. The Morgan fingerprint density at radius 2 is 2.20 bits per heavy atom. The molecule has 0 aliphatic rings. The Labute approximate surface area is 118 Å². The maximum atomic E-state index is 11.7. The lowest BCUT2D eigenvalue weighted by atomic mass is 10.2. The first kappa shape index (κ1) is 15.9. The maximum Gasteiger partial charge on any atom is 0.328 e. The van der Waals surface area contributed by atoms with E-state index in [1.54, 1.807) is 24.3 Å². The van der Waals surface area contributed by atoms with Gasteiger partial charge in [0, 0.05) is 31.4 Å². The van der Waals surface area contributed by atoms with Gasteiger partial charge in [0.15, 0.2) is 0 Å². The Kier molecular flexibility index (Phi) is 7.06. The number of carboxylic acids is 1. The molecule has 0 unspecified atom stereocenters. The van der Waals surface area contributed by atoms with Crippen LogP contribution in [0.2, 0.25) is 0 Å². The van der Waals surface area contributed by atoms with Crippen molar-refractivity contribution in [3.63, 3.8) is 0 Å². The summed E-state index contributed by atoms with van der Waals surface area (Å²) in [7, 11) is 0. The molecule has 5 heteroatoms. The molecule has 0 heterocycles. The Balaban J connectivity index is 2.49. The molecule has 0 saturated carbocycles. The van der Waals surface area contributed by atoms with E-state index in [0.29, 0.717) is 31.7 Å². The number of hydrogen-bond acceptors (Lipinski definition) is 3. The maximum absolute atomic E-state index is 11.7. The fourth-order valence-electron chi connectivity index (χ4n) is 1.59. The molecule has 0 aliphatic heterocycles. The van der Waals surface area contributed by atoms with Crippen LogP contribution in [0, 0.1) is 0 Å². The minimum Gasteiger partial charge on any atom is -0.478 e. The largest absolute Gasteiger partial charge is 0.478 e. The summed E-state index contributed by atoms with van der Waals surface area (Å²) in [4.78, 5) is 22.1. The molecule has 0 radical (unpaired) electrons. The number of anilines is 1. The number of rotatable bonds is 8. The summed E-state index contributed by atoms with van der Waals surface area (Å²) in [5.74, 6) is -1.08. The van der Waals surface area contributed by atoms with E-state index in [1.807, 2.05) is 6.92 Å². The highest BCUT2D eigenvalue weighted by Gasteiger charge is 2.02. The van der Waals surface area contributed by atoms with Gasteiger partial charge in [-0.25, -0.2) is 4.79 Å². The molecule has 0 fully saturated rings. The molecular weight excluding hydrogens is 258 g/mol. The molecule has 0 spiro atoms. The average Bonchev–Trinajstić information content (AvgIpc) is 2.42. The number of benzene rings is 1. The predicted molar refractivity (Wildman–Crippen MR) is 77.5 cm³/mol. The van der Waals surface area contributed by atoms with Crippen LogP contribution in [-0.4, -0.2) is 30.2 Å². The number of hydrogen-bond donors (Lipinski definition) is 2. The first-order valence-corrected chi connectivity index (χ1v) is 6.50. The third-order valence-corrected chi connectivity index (χ3v) is 2.49. The molecule has 0 aromatic heterocycles. The van der Waals surface area contributed by atoms with Gasteiger partial charge in [-0.15, -0.1) is 0 Å². The normalized spacial score (nSPS) is 10.7. The Bertz CT molecular complexity index is 483. The van der Waals surface area contributed by atoms with Crippen LogP contribution >= 0.6 is 0 Å². The van der Waals surface area contributed by atoms with Crippen LogP contribution in [0.15, 0.2) is 30.3 Å². The highest BCUT2D eigenvalue weighted by Crippen LogP contribution is 2.12. The molecule has 1 amide bonds. The van der Waals surface area contributed by atoms with Crippen LogP contribution in [0.25, 0.3) is 6.08 Å². The minimum atomic E-state index is -1.00. The van der Waals surface area contributed by atoms with Gasteiger partial charge in [-0.1, -0.05) is 12.1 Å². The molecule has 0 saturated heterocycles. The third-order valence-electron chi connectivity index (χ3n) is 2.49. The molecule has 5 nitrogen and oxygen atoms in total. The summed E-state index contributed by atoms with van der Waals surface area (Å²) in [6.07, 6.45) is 3.61. The highest BCUT2D eigenvalue weighted by molar-refractivity contribution is 5.91. The van der Waals surface area contributed by atoms with Crippen LogP contribution in [0.3, 0.4) is 0 Å². The Morgan fingerprint density at radius 3 is 2.90 bits per heavy atom. The first-order chi connectivity index (χ1) is 9.61. The van der Waals surface area contributed by atoms with E-state index in [4.69, 9.17) is 9.84 Å². The number of carbonyl (C=O) groups excluding carboxylic acids is 1. The second-order valence-corrected chi connectivity index (χ2v) is 4.15. The van der Waals surface area contributed by atoms with Crippen molar-refractivity contribution >= 4 is 23.6 Å². The van der Waals surface area contributed by atoms with Crippen LogP contribution in [0.1, 0.15) is 25.3 Å². The number of aliphatic carboxylic acids is 1. The Hall–Kier alpha value is -2.14. The number of carboxylic acid groups (broad SMARTS) is 1. The molecule has 1 rings (SSSR count). The zero-order valence-corrected chi connectivity index (χ0v) is 11.5. The number of amides is 1. The Morgan fingerprint density at radius 1 is 1.40 bits per heavy atom. The van der Waals surface area contributed by atoms with Crippen molar-refractivity contribution in [3.8, 4) is 0 Å². The highest BCUT2D eigenvalue weighted by atomic mass is 16.5. The van der Waals surface area contributed by atoms with E-state index in [-0.39, 0.29) is 5.91 Å². The number of ether oxygens (including phenoxy) is 1. The lowest BCUT2D eigenvalue weighted by molar-refractivity contribution is -0.131. The van der Waals surface area contributed by atoms with Crippen molar-refractivity contribution in [2.45, 2.75) is 19.8 Å². The monoisotopic (exact) mass is 277 g/mol. The molecule has 2 N–H and O–H groups in total. The van der Waals surface area contributed by atoms with Gasteiger partial charge in [-0.2, -0.15) is 0 Å². The molecule has 20 heavy (non-hydrogen) atoms. The summed E-state index contributed by atoms with van der Waals surface area (Å²) in [5, 5.41) is 11.3. The van der Waals surface area contributed by atoms with Gasteiger partial charge >= 0.3 is 5.97 Å². The molecule has 0 bridgehead atoms. The quantitative estimate of drug-likeness (QED) is 0.565. The van der Waals surface area contributed by atoms with Crippen LogP contribution in [0.5, 0.6) is 0 Å². The van der Waals surface area contributed by atoms with Crippen LogP contribution < -0.4 is 5.32 Å². The zero-order valence-electron chi connectivity index (χ0n) is 11.5. The van der Waals surface area contributed by atoms with E-state index in [1.165, 1.54) is 6.08 Å². The van der Waals surface area contributed by atoms with E-state index < -0.39 is 5.97 Å². The van der Waals surface area contributed by atoms with E-state index in [9.17, 15) is 9.59 Å². The van der Waals surface area contributed by atoms with Gasteiger partial charge in [-0.3, -0.25) is 4.79 Å². The van der Waals surface area contributed by atoms with Gasteiger partial charge < -0.3 is 15.2 Å². The van der Waals surface area contributed by atoms with Crippen molar-refractivity contribution in [3.05, 3.63) is 35.9 Å². The van der Waals surface area contributed by atoms with Gasteiger partial charge in [0.1, 0.15) is 0 Å². The summed E-state index contributed by atoms with van der Waals surface area (Å²) in [5.41, 5.74) is 1.37. The lowest BCUT2D eigenvalue weighted by Gasteiger charge is -2.06. The van der Waals surface area contributed by atoms with Gasteiger partial charge in [0.25, 0.3) is 0 Å². The van der Waals surface area contributed by atoms with Gasteiger partial charge in [0.05, 0.1) is 0 Å². The van der Waals surface area contributed by atoms with E-state index in [2.05, 4.69) is 5.32 Å². The van der Waals surface area contributed by atoms with Gasteiger partial charge in [-0.05, 0) is 37.1 Å². The van der Waals surface area contributed by atoms with Crippen molar-refractivity contribution in [1.29, 1.82) is 0 Å². The SMILES string of the molecule is CCOCCCC(=O)Nc1cccc(/C=C/C(=O)O)c1. The fourth-order valence-corrected chi connectivity index (χ4v) is 1.59. The first-order valence-electron chi connectivity index (χ1n) is 6.50. The molecule has 0 aliphatic carbocycles. The number of nitrogens with one attached hydrogen (secondary N) is 1. The van der Waals surface area contributed by atoms with E-state index >= 15 is 0 Å². The smallest absolute Gasteiger partial charge is 0.328 e. The predicted octanol–water partition coefficient (Wildman–Crippen LogP) is 2.54. The van der Waals surface area contributed by atoms with Crippen molar-refractivity contribution in [1.82, 2.24) is 0 Å². The van der Waals surface area contributed by atoms with Gasteiger partial charge in [0.2, 0.25) is 5.91 Å². The molecule has 0 atom stereocenters. The average molecular weight is 277 g/mol. The standard InChI is InChI=1S/C15H19NO4/c1-2-20-10-4-7-14(17)16-13-6-3-5-12(11-13)8-9-15(18)19/h3,5-6,8-9,11H,2,4,7,10H2,1H3,(H,16,17)(H,18,19)/b9-8+. The van der Waals surface area contributed by atoms with Crippen molar-refractivity contribution < 1.29 is 19.4 Å². The second kappa shape index (κ2) is 8.87. The topological polar surface area (TPSA) is 75.6 Å². The molecule has 1 aromatic carbocycles. The van der Waals surface area contributed by atoms with E-state index in [0.717, 1.165) is 11.6 Å². The summed E-state index contributed by atoms with van der Waals surface area (Å²) in [6.45, 7) is 3.14.